The van der Waals surface area contributed by atoms with Gasteiger partial charge in [0.2, 0.25) is 11.5 Å². The number of alkyl halides is 3. The standard InChI is InChI=1S/C31H31ClF3N5O6/c1-4-46-28-17(13-25(36)41)12-24(38-27(28)16-5-8-21(32)22(10-16)44-2)30(43,31(33,34)35)15-37-29(42)18-9-19-14-40(20-6-7-20)39-26(19)23(11-18)45-3/h5,8-12,14,20,43H,4,6-7,13,15H2,1-3H3,(H2,36,41)(H,37,42)/t30-/m0/s1. The van der Waals surface area contributed by atoms with Crippen molar-refractivity contribution in [2.45, 2.75) is 44.0 Å². The molecule has 11 nitrogen and oxygen atoms in total. The van der Waals surface area contributed by atoms with Crippen molar-refractivity contribution in [2.75, 3.05) is 27.4 Å². The van der Waals surface area contributed by atoms with Crippen molar-refractivity contribution in [3.8, 4) is 28.5 Å². The second kappa shape index (κ2) is 12.7. The van der Waals surface area contributed by atoms with Gasteiger partial charge in [-0.3, -0.25) is 14.3 Å². The normalized spacial score (nSPS) is 14.5. The van der Waals surface area contributed by atoms with Crippen LogP contribution in [0.1, 0.15) is 47.4 Å². The molecule has 1 fully saturated rings. The lowest BCUT2D eigenvalue weighted by molar-refractivity contribution is -0.265. The van der Waals surface area contributed by atoms with E-state index in [0.29, 0.717) is 10.9 Å². The SMILES string of the molecule is CCOc1c(CC(N)=O)cc([C@@](O)(CNC(=O)c2cc(OC)c3nn(C4CC4)cc3c2)C(F)(F)F)nc1-c1ccc(Cl)c(OC)c1. The van der Waals surface area contributed by atoms with Crippen LogP contribution in [-0.2, 0) is 16.8 Å². The van der Waals surface area contributed by atoms with Crippen LogP contribution in [0.2, 0.25) is 5.02 Å². The van der Waals surface area contributed by atoms with Crippen molar-refractivity contribution in [1.82, 2.24) is 20.1 Å². The van der Waals surface area contributed by atoms with Gasteiger partial charge >= 0.3 is 6.18 Å². The minimum atomic E-state index is -5.34. The van der Waals surface area contributed by atoms with E-state index in [1.54, 1.807) is 17.8 Å². The Hall–Kier alpha value is -4.56. The van der Waals surface area contributed by atoms with Gasteiger partial charge < -0.3 is 30.4 Å². The molecule has 244 valence electrons. The van der Waals surface area contributed by atoms with Crippen LogP contribution in [0.15, 0.2) is 42.6 Å². The highest BCUT2D eigenvalue weighted by Crippen LogP contribution is 2.43. The van der Waals surface area contributed by atoms with Gasteiger partial charge in [0.1, 0.15) is 28.5 Å². The van der Waals surface area contributed by atoms with E-state index in [9.17, 15) is 27.9 Å². The summed E-state index contributed by atoms with van der Waals surface area (Å²) in [5, 5.41) is 18.8. The number of hydrogen-bond donors (Lipinski definition) is 3. The maximum absolute atomic E-state index is 14.8. The zero-order chi connectivity index (χ0) is 33.4. The van der Waals surface area contributed by atoms with Crippen LogP contribution in [0.3, 0.4) is 0 Å². The van der Waals surface area contributed by atoms with Gasteiger partial charge in [-0.1, -0.05) is 17.7 Å². The Morgan fingerprint density at radius 3 is 2.46 bits per heavy atom. The summed E-state index contributed by atoms with van der Waals surface area (Å²) in [6.07, 6.45) is -2.19. The summed E-state index contributed by atoms with van der Waals surface area (Å²) in [5.41, 5.74) is 1.34. The van der Waals surface area contributed by atoms with Crippen LogP contribution in [0, 0.1) is 0 Å². The van der Waals surface area contributed by atoms with Crippen LogP contribution in [0.5, 0.6) is 17.2 Å². The third-order valence-electron chi connectivity index (χ3n) is 7.52. The molecule has 2 aromatic carbocycles. The number of pyridine rings is 1. The number of fused-ring (bicyclic) bond motifs is 1. The average Bonchev–Trinajstić information content (AvgIpc) is 3.77. The molecule has 1 aliphatic rings. The summed E-state index contributed by atoms with van der Waals surface area (Å²) in [4.78, 5) is 29.4. The molecule has 1 aliphatic carbocycles. The number of amides is 2. The molecule has 0 saturated heterocycles. The first-order valence-corrected chi connectivity index (χ1v) is 14.6. The highest BCUT2D eigenvalue weighted by molar-refractivity contribution is 6.32. The summed E-state index contributed by atoms with van der Waals surface area (Å²) < 4.78 is 62.4. The van der Waals surface area contributed by atoms with E-state index in [1.165, 1.54) is 44.6 Å². The monoisotopic (exact) mass is 661 g/mol. The molecular formula is C31H31ClF3N5O6. The minimum Gasteiger partial charge on any atom is -0.495 e. The lowest BCUT2D eigenvalue weighted by atomic mass is 9.93. The lowest BCUT2D eigenvalue weighted by Crippen LogP contribution is -2.51. The van der Waals surface area contributed by atoms with Gasteiger partial charge in [0, 0.05) is 28.3 Å². The van der Waals surface area contributed by atoms with Crippen molar-refractivity contribution in [1.29, 1.82) is 0 Å². The Labute approximate surface area is 266 Å². The first kappa shape index (κ1) is 32.8. The summed E-state index contributed by atoms with van der Waals surface area (Å²) in [5.74, 6) is -1.34. The van der Waals surface area contributed by atoms with E-state index in [0.717, 1.165) is 18.9 Å². The number of nitrogens with zero attached hydrogens (tertiary/aromatic N) is 3. The van der Waals surface area contributed by atoms with Gasteiger partial charge in [0.05, 0.1) is 50.6 Å². The topological polar surface area (TPSA) is 151 Å². The van der Waals surface area contributed by atoms with E-state index in [-0.39, 0.29) is 57.3 Å². The zero-order valence-electron chi connectivity index (χ0n) is 25.1. The molecule has 0 unspecified atom stereocenters. The number of ether oxygens (including phenoxy) is 3. The van der Waals surface area contributed by atoms with Gasteiger partial charge in [-0.15, -0.1) is 0 Å². The van der Waals surface area contributed by atoms with E-state index < -0.39 is 42.3 Å². The molecule has 1 atom stereocenters. The van der Waals surface area contributed by atoms with Crippen molar-refractivity contribution >= 4 is 34.3 Å². The number of nitrogens with two attached hydrogens (primary N) is 1. The Morgan fingerprint density at radius 1 is 1.13 bits per heavy atom. The molecule has 0 aliphatic heterocycles. The molecule has 0 radical (unpaired) electrons. The molecule has 1 saturated carbocycles. The Bertz CT molecular complexity index is 1810. The number of aliphatic hydroxyl groups is 1. The summed E-state index contributed by atoms with van der Waals surface area (Å²) in [7, 11) is 2.75. The zero-order valence-corrected chi connectivity index (χ0v) is 25.8. The fourth-order valence-corrected chi connectivity index (χ4v) is 5.20. The number of aromatic nitrogens is 3. The largest absolute Gasteiger partial charge is 0.495 e. The maximum Gasteiger partial charge on any atom is 0.424 e. The molecule has 0 bridgehead atoms. The number of nitrogens with one attached hydrogen (secondary N) is 1. The average molecular weight is 662 g/mol. The van der Waals surface area contributed by atoms with Crippen LogP contribution in [0.25, 0.3) is 22.2 Å². The predicted molar refractivity (Wildman–Crippen MR) is 162 cm³/mol. The van der Waals surface area contributed by atoms with E-state index in [4.69, 9.17) is 31.5 Å². The van der Waals surface area contributed by atoms with Gasteiger partial charge in [0.15, 0.2) is 0 Å². The number of benzene rings is 2. The third kappa shape index (κ3) is 6.40. The number of halogens is 4. The van der Waals surface area contributed by atoms with Crippen molar-refractivity contribution in [3.63, 3.8) is 0 Å². The molecule has 2 aromatic heterocycles. The van der Waals surface area contributed by atoms with E-state index in [2.05, 4.69) is 15.4 Å². The number of primary amides is 1. The highest BCUT2D eigenvalue weighted by Gasteiger charge is 2.56. The Morgan fingerprint density at radius 2 is 1.85 bits per heavy atom. The summed E-state index contributed by atoms with van der Waals surface area (Å²) in [6.45, 7) is 0.383. The van der Waals surface area contributed by atoms with Crippen molar-refractivity contribution < 1.29 is 42.1 Å². The first-order valence-electron chi connectivity index (χ1n) is 14.2. The number of carbonyl (C=O) groups excluding carboxylic acids is 2. The first-order chi connectivity index (χ1) is 21.8. The van der Waals surface area contributed by atoms with Crippen molar-refractivity contribution in [3.05, 3.63) is 64.4 Å². The minimum absolute atomic E-state index is 0.00719. The molecule has 0 spiro atoms. The maximum atomic E-state index is 14.8. The molecule has 4 N–H and O–H groups in total. The summed E-state index contributed by atoms with van der Waals surface area (Å²) >= 11 is 6.16. The lowest BCUT2D eigenvalue weighted by Gasteiger charge is -2.31. The van der Waals surface area contributed by atoms with E-state index in [1.807, 2.05) is 0 Å². The van der Waals surface area contributed by atoms with Crippen molar-refractivity contribution in [2.24, 2.45) is 5.73 Å². The Kier molecular flexibility index (Phi) is 9.05. The van der Waals surface area contributed by atoms with Gasteiger partial charge in [0.25, 0.3) is 5.91 Å². The molecule has 46 heavy (non-hydrogen) atoms. The molecule has 2 heterocycles. The smallest absolute Gasteiger partial charge is 0.424 e. The second-order valence-corrected chi connectivity index (χ2v) is 11.2. The quantitative estimate of drug-likeness (QED) is 0.198. The van der Waals surface area contributed by atoms with E-state index >= 15 is 0 Å². The number of hydrogen-bond acceptors (Lipinski definition) is 8. The predicted octanol–water partition coefficient (Wildman–Crippen LogP) is 4.71. The Balaban J connectivity index is 1.57. The molecule has 15 heteroatoms. The van der Waals surface area contributed by atoms with Gasteiger partial charge in [-0.25, -0.2) is 4.98 Å². The van der Waals surface area contributed by atoms with Crippen LogP contribution >= 0.6 is 11.6 Å². The van der Waals surface area contributed by atoms with Crippen LogP contribution < -0.4 is 25.3 Å². The number of methoxy groups -OCH3 is 2. The summed E-state index contributed by atoms with van der Waals surface area (Å²) in [6, 6.07) is 8.33. The molecule has 2 amide bonds. The van der Waals surface area contributed by atoms with Crippen LogP contribution in [0.4, 0.5) is 13.2 Å². The molecule has 5 rings (SSSR count). The van der Waals surface area contributed by atoms with Gasteiger partial charge in [-0.2, -0.15) is 18.3 Å². The molecular weight excluding hydrogens is 631 g/mol. The number of carbonyl (C=O) groups is 2. The third-order valence-corrected chi connectivity index (χ3v) is 7.83. The fraction of sp³-hybridized carbons (Fsp3) is 0.355. The highest BCUT2D eigenvalue weighted by atomic mass is 35.5. The second-order valence-electron chi connectivity index (χ2n) is 10.8. The van der Waals surface area contributed by atoms with Gasteiger partial charge in [-0.05, 0) is 50.1 Å². The fourth-order valence-electron chi connectivity index (χ4n) is 5.01. The number of rotatable bonds is 12. The molecule has 4 aromatic rings. The van der Waals surface area contributed by atoms with Crippen LogP contribution in [-0.4, -0.2) is 65.2 Å².